The second-order valence-corrected chi connectivity index (χ2v) is 7.73. The average Bonchev–Trinajstić information content (AvgIpc) is 2.68. The van der Waals surface area contributed by atoms with E-state index in [4.69, 9.17) is 4.74 Å². The minimum absolute atomic E-state index is 0.110. The number of anilines is 1. The lowest BCUT2D eigenvalue weighted by atomic mass is 10.1. The van der Waals surface area contributed by atoms with E-state index in [2.05, 4.69) is 4.72 Å². The number of hydrogen-bond acceptors (Lipinski definition) is 4. The number of para-hydroxylation sites is 1. The Morgan fingerprint density at radius 2 is 1.73 bits per heavy atom. The highest BCUT2D eigenvalue weighted by Crippen LogP contribution is 2.21. The van der Waals surface area contributed by atoms with E-state index < -0.39 is 10.0 Å². The summed E-state index contributed by atoms with van der Waals surface area (Å²) in [6.07, 6.45) is 0.728. The highest BCUT2D eigenvalue weighted by molar-refractivity contribution is 7.92. The number of aryl methyl sites for hydroxylation is 1. The van der Waals surface area contributed by atoms with E-state index in [0.717, 1.165) is 12.0 Å². The van der Waals surface area contributed by atoms with Crippen molar-refractivity contribution < 1.29 is 17.9 Å². The van der Waals surface area contributed by atoms with Gasteiger partial charge in [0.05, 0.1) is 23.8 Å². The van der Waals surface area contributed by atoms with Gasteiger partial charge in [0.15, 0.2) is 0 Å². The molecule has 0 saturated carbocycles. The number of ether oxygens (including phenoxy) is 1. The molecule has 1 heterocycles. The van der Waals surface area contributed by atoms with Gasteiger partial charge in [-0.15, -0.1) is 0 Å². The van der Waals surface area contributed by atoms with Gasteiger partial charge in [-0.25, -0.2) is 8.42 Å². The molecular formula is C19H22N2O4S. The molecule has 0 bridgehead atoms. The molecule has 0 aromatic heterocycles. The van der Waals surface area contributed by atoms with Crippen molar-refractivity contribution in [2.24, 2.45) is 0 Å². The molecule has 138 valence electrons. The fourth-order valence-electron chi connectivity index (χ4n) is 2.86. The Hall–Kier alpha value is -2.38. The largest absolute Gasteiger partial charge is 0.378 e. The summed E-state index contributed by atoms with van der Waals surface area (Å²) < 4.78 is 33.1. The Morgan fingerprint density at radius 3 is 2.38 bits per heavy atom. The van der Waals surface area contributed by atoms with Gasteiger partial charge in [-0.1, -0.05) is 25.1 Å². The molecule has 6 nitrogen and oxygen atoms in total. The van der Waals surface area contributed by atoms with Gasteiger partial charge in [-0.05, 0) is 42.3 Å². The van der Waals surface area contributed by atoms with Crippen molar-refractivity contribution in [3.05, 3.63) is 59.7 Å². The lowest BCUT2D eigenvalue weighted by molar-refractivity contribution is 0.0303. The quantitative estimate of drug-likeness (QED) is 0.873. The molecular weight excluding hydrogens is 352 g/mol. The van der Waals surface area contributed by atoms with Gasteiger partial charge in [-0.3, -0.25) is 9.52 Å². The molecule has 0 aliphatic carbocycles. The van der Waals surface area contributed by atoms with Crippen LogP contribution in [0.15, 0.2) is 53.4 Å². The van der Waals surface area contributed by atoms with Crippen LogP contribution in [-0.2, 0) is 21.2 Å². The molecule has 1 aliphatic heterocycles. The fraction of sp³-hybridized carbons (Fsp3) is 0.316. The normalized spacial score (nSPS) is 14.9. The molecule has 3 rings (SSSR count). The van der Waals surface area contributed by atoms with Gasteiger partial charge in [-0.2, -0.15) is 0 Å². The van der Waals surface area contributed by atoms with Crippen LogP contribution in [0.4, 0.5) is 5.69 Å². The third-order valence-electron chi connectivity index (χ3n) is 4.35. The minimum Gasteiger partial charge on any atom is -0.378 e. The van der Waals surface area contributed by atoms with Crippen LogP contribution >= 0.6 is 0 Å². The zero-order chi connectivity index (χ0) is 18.6. The van der Waals surface area contributed by atoms with E-state index in [9.17, 15) is 13.2 Å². The van der Waals surface area contributed by atoms with E-state index in [1.165, 1.54) is 12.1 Å². The van der Waals surface area contributed by atoms with Crippen LogP contribution in [0.2, 0.25) is 0 Å². The summed E-state index contributed by atoms with van der Waals surface area (Å²) >= 11 is 0. The molecule has 7 heteroatoms. The molecule has 1 fully saturated rings. The molecule has 26 heavy (non-hydrogen) atoms. The van der Waals surface area contributed by atoms with Crippen molar-refractivity contribution in [3.8, 4) is 0 Å². The van der Waals surface area contributed by atoms with Crippen molar-refractivity contribution in [1.82, 2.24) is 4.90 Å². The second-order valence-electron chi connectivity index (χ2n) is 6.05. The highest BCUT2D eigenvalue weighted by Gasteiger charge is 2.20. The van der Waals surface area contributed by atoms with E-state index >= 15 is 0 Å². The van der Waals surface area contributed by atoms with Crippen molar-refractivity contribution in [1.29, 1.82) is 0 Å². The highest BCUT2D eigenvalue weighted by atomic mass is 32.2. The summed E-state index contributed by atoms with van der Waals surface area (Å²) in [5.41, 5.74) is 1.97. The number of hydrogen-bond donors (Lipinski definition) is 1. The summed E-state index contributed by atoms with van der Waals surface area (Å²) in [6, 6.07) is 13.3. The first kappa shape index (κ1) is 18.4. The smallest absolute Gasteiger partial charge is 0.261 e. The number of morpholine rings is 1. The van der Waals surface area contributed by atoms with Gasteiger partial charge in [0.25, 0.3) is 15.9 Å². The first-order valence-corrected chi connectivity index (χ1v) is 10.1. The maximum absolute atomic E-state index is 12.6. The molecule has 0 spiro atoms. The summed E-state index contributed by atoms with van der Waals surface area (Å²) in [7, 11) is -3.71. The molecule has 1 saturated heterocycles. The van der Waals surface area contributed by atoms with Crippen LogP contribution in [0, 0.1) is 0 Å². The number of carbonyl (C=O) groups excluding carboxylic acids is 1. The van der Waals surface area contributed by atoms with Crippen LogP contribution in [0.25, 0.3) is 0 Å². The molecule has 1 aliphatic rings. The summed E-state index contributed by atoms with van der Waals surface area (Å²) in [5, 5.41) is 0. The Kier molecular flexibility index (Phi) is 5.58. The lowest BCUT2D eigenvalue weighted by Crippen LogP contribution is -2.40. The zero-order valence-electron chi connectivity index (χ0n) is 14.6. The predicted octanol–water partition coefficient (Wildman–Crippen LogP) is 2.52. The number of nitrogens with one attached hydrogen (secondary N) is 1. The van der Waals surface area contributed by atoms with Gasteiger partial charge >= 0.3 is 0 Å². The van der Waals surface area contributed by atoms with Gasteiger partial charge in [0, 0.05) is 18.7 Å². The third kappa shape index (κ3) is 4.05. The summed E-state index contributed by atoms with van der Waals surface area (Å²) in [5.74, 6) is -0.110. The van der Waals surface area contributed by atoms with Crippen LogP contribution in [0.3, 0.4) is 0 Å². The number of rotatable bonds is 5. The second kappa shape index (κ2) is 7.88. The maximum Gasteiger partial charge on any atom is 0.261 e. The van der Waals surface area contributed by atoms with E-state index in [-0.39, 0.29) is 10.8 Å². The minimum atomic E-state index is -3.71. The van der Waals surface area contributed by atoms with Crippen LogP contribution in [-0.4, -0.2) is 45.5 Å². The number of nitrogens with zero attached hydrogens (tertiary/aromatic N) is 1. The Bertz CT molecular complexity index is 873. The van der Waals surface area contributed by atoms with Crippen molar-refractivity contribution >= 4 is 21.6 Å². The first-order chi connectivity index (χ1) is 12.5. The van der Waals surface area contributed by atoms with Crippen molar-refractivity contribution in [2.75, 3.05) is 31.0 Å². The summed E-state index contributed by atoms with van der Waals surface area (Å²) in [6.45, 7) is 4.12. The number of amides is 1. The maximum atomic E-state index is 12.6. The SMILES string of the molecule is CCc1ccccc1NS(=O)(=O)c1ccc(C(=O)N2CCOCC2)cc1. The van der Waals surface area contributed by atoms with Gasteiger partial charge in [0.2, 0.25) is 0 Å². The molecule has 2 aromatic rings. The van der Waals surface area contributed by atoms with E-state index in [0.29, 0.717) is 37.6 Å². The van der Waals surface area contributed by atoms with E-state index in [1.807, 2.05) is 19.1 Å². The molecule has 1 amide bonds. The van der Waals surface area contributed by atoms with Gasteiger partial charge in [0.1, 0.15) is 0 Å². The van der Waals surface area contributed by atoms with Crippen LogP contribution in [0.1, 0.15) is 22.8 Å². The van der Waals surface area contributed by atoms with Crippen molar-refractivity contribution in [3.63, 3.8) is 0 Å². The topological polar surface area (TPSA) is 75.7 Å². The third-order valence-corrected chi connectivity index (χ3v) is 5.73. The van der Waals surface area contributed by atoms with E-state index in [1.54, 1.807) is 29.2 Å². The monoisotopic (exact) mass is 374 g/mol. The molecule has 0 radical (unpaired) electrons. The van der Waals surface area contributed by atoms with Crippen molar-refractivity contribution in [2.45, 2.75) is 18.2 Å². The Labute approximate surface area is 153 Å². The number of sulfonamides is 1. The van der Waals surface area contributed by atoms with Crippen LogP contribution in [0.5, 0.6) is 0 Å². The number of benzene rings is 2. The number of carbonyl (C=O) groups is 1. The molecule has 0 unspecified atom stereocenters. The summed E-state index contributed by atoms with van der Waals surface area (Å²) in [4.78, 5) is 14.3. The first-order valence-electron chi connectivity index (χ1n) is 8.59. The Morgan fingerprint density at radius 1 is 1.08 bits per heavy atom. The molecule has 0 atom stereocenters. The molecule has 1 N–H and O–H groups in total. The predicted molar refractivity (Wildman–Crippen MR) is 99.8 cm³/mol. The lowest BCUT2D eigenvalue weighted by Gasteiger charge is -2.26. The fourth-order valence-corrected chi connectivity index (χ4v) is 3.96. The average molecular weight is 374 g/mol. The Balaban J connectivity index is 1.77. The van der Waals surface area contributed by atoms with Crippen LogP contribution < -0.4 is 4.72 Å². The molecule has 2 aromatic carbocycles. The standard InChI is InChI=1S/C19H22N2O4S/c1-2-15-5-3-4-6-18(15)20-26(23,24)17-9-7-16(8-10-17)19(22)21-11-13-25-14-12-21/h3-10,20H,2,11-14H2,1H3. The van der Waals surface area contributed by atoms with Gasteiger partial charge < -0.3 is 9.64 Å². The zero-order valence-corrected chi connectivity index (χ0v) is 15.5.